The third-order valence-electron chi connectivity index (χ3n) is 2.43. The van der Waals surface area contributed by atoms with Crippen molar-refractivity contribution in [2.45, 2.75) is 18.4 Å². The van der Waals surface area contributed by atoms with Crippen LogP contribution in [0.4, 0.5) is 5.69 Å². The van der Waals surface area contributed by atoms with Crippen molar-refractivity contribution in [1.82, 2.24) is 0 Å². The van der Waals surface area contributed by atoms with E-state index in [0.29, 0.717) is 0 Å². The lowest BCUT2D eigenvalue weighted by molar-refractivity contribution is -0.385. The smallest absolute Gasteiger partial charge is 0.337 e. The minimum Gasteiger partial charge on any atom is -0.479 e. The Labute approximate surface area is 112 Å². The molecular weight excluding hydrogens is 278 g/mol. The summed E-state index contributed by atoms with van der Waals surface area (Å²) in [7, 11) is 0. The Balaban J connectivity index is 3.38. The van der Waals surface area contributed by atoms with Crippen LogP contribution in [-0.2, 0) is 9.59 Å². The fourth-order valence-corrected chi connectivity index (χ4v) is 1.65. The Kier molecular flexibility index (Phi) is 4.57. The number of carbonyl (C=O) groups is 2. The molecule has 0 heterocycles. The molecular formula is C11H10ClNO6. The second-order valence-corrected chi connectivity index (χ2v) is 4.23. The van der Waals surface area contributed by atoms with Crippen LogP contribution in [0.2, 0.25) is 0 Å². The molecule has 0 bridgehead atoms. The maximum absolute atomic E-state index is 11.2. The number of Topliss-reactive ketones (excluding diaryl/α,β-unsaturated/α-hetero) is 1. The van der Waals surface area contributed by atoms with Gasteiger partial charge >= 0.3 is 5.97 Å². The number of carbonyl (C=O) groups excluding carboxylic acids is 1. The van der Waals surface area contributed by atoms with Gasteiger partial charge in [0.2, 0.25) is 0 Å². The standard InChI is InChI=1S/C11H10ClNO6/c1-5(14)9(12)7-4-6(10(15)11(16)17)2-3-8(7)13(18)19/h2-4,9-10,15H,1H3,(H,16,17). The molecule has 2 N–H and O–H groups in total. The predicted octanol–water partition coefficient (Wildman–Crippen LogP) is 1.58. The lowest BCUT2D eigenvalue weighted by atomic mass is 10.0. The van der Waals surface area contributed by atoms with E-state index in [9.17, 15) is 24.8 Å². The normalized spacial score (nSPS) is 13.6. The number of nitro benzene ring substituents is 1. The molecule has 0 saturated carbocycles. The summed E-state index contributed by atoms with van der Waals surface area (Å²) in [6.07, 6.45) is -1.84. The number of benzene rings is 1. The summed E-state index contributed by atoms with van der Waals surface area (Å²) in [5, 5.41) is 27.6. The van der Waals surface area contributed by atoms with Gasteiger partial charge in [-0.15, -0.1) is 11.6 Å². The van der Waals surface area contributed by atoms with Crippen LogP contribution in [0.3, 0.4) is 0 Å². The van der Waals surface area contributed by atoms with E-state index in [1.54, 1.807) is 0 Å². The van der Waals surface area contributed by atoms with Crippen LogP contribution in [-0.4, -0.2) is 26.9 Å². The summed E-state index contributed by atoms with van der Waals surface area (Å²) >= 11 is 5.76. The third kappa shape index (κ3) is 3.27. The van der Waals surface area contributed by atoms with E-state index in [0.717, 1.165) is 25.1 Å². The van der Waals surface area contributed by atoms with Gasteiger partial charge in [0.05, 0.1) is 10.5 Å². The van der Waals surface area contributed by atoms with Crippen molar-refractivity contribution in [2.24, 2.45) is 0 Å². The zero-order valence-corrected chi connectivity index (χ0v) is 10.5. The highest BCUT2D eigenvalue weighted by Crippen LogP contribution is 2.32. The Morgan fingerprint density at radius 1 is 1.42 bits per heavy atom. The molecule has 1 aromatic carbocycles. The summed E-state index contributed by atoms with van der Waals surface area (Å²) in [6.45, 7) is 1.15. The number of hydrogen-bond acceptors (Lipinski definition) is 5. The molecule has 0 amide bonds. The molecule has 0 aliphatic rings. The van der Waals surface area contributed by atoms with Gasteiger partial charge in [-0.2, -0.15) is 0 Å². The molecule has 2 atom stereocenters. The van der Waals surface area contributed by atoms with E-state index in [1.807, 2.05) is 0 Å². The summed E-state index contributed by atoms with van der Waals surface area (Å²) in [6, 6.07) is 3.16. The van der Waals surface area contributed by atoms with E-state index >= 15 is 0 Å². The average Bonchev–Trinajstić information content (AvgIpc) is 2.35. The molecule has 0 aliphatic heterocycles. The van der Waals surface area contributed by atoms with Crippen molar-refractivity contribution in [3.05, 3.63) is 39.4 Å². The Morgan fingerprint density at radius 3 is 2.42 bits per heavy atom. The zero-order valence-electron chi connectivity index (χ0n) is 9.74. The number of rotatable bonds is 5. The zero-order chi connectivity index (χ0) is 14.7. The second kappa shape index (κ2) is 5.77. The minimum atomic E-state index is -1.84. The molecule has 8 heteroatoms. The molecule has 0 spiro atoms. The molecule has 1 rings (SSSR count). The van der Waals surface area contributed by atoms with E-state index < -0.39 is 33.8 Å². The van der Waals surface area contributed by atoms with Crippen molar-refractivity contribution in [3.8, 4) is 0 Å². The molecule has 102 valence electrons. The van der Waals surface area contributed by atoms with Crippen molar-refractivity contribution in [3.63, 3.8) is 0 Å². The lowest BCUT2D eigenvalue weighted by Gasteiger charge is -2.11. The van der Waals surface area contributed by atoms with E-state index in [1.165, 1.54) is 0 Å². The largest absolute Gasteiger partial charge is 0.479 e. The Bertz CT molecular complexity index is 544. The second-order valence-electron chi connectivity index (χ2n) is 3.79. The van der Waals surface area contributed by atoms with Gasteiger partial charge in [0.15, 0.2) is 11.9 Å². The van der Waals surface area contributed by atoms with Crippen LogP contribution in [0.5, 0.6) is 0 Å². The van der Waals surface area contributed by atoms with Crippen LogP contribution >= 0.6 is 11.6 Å². The predicted molar refractivity (Wildman–Crippen MR) is 65.0 cm³/mol. The molecule has 7 nitrogen and oxygen atoms in total. The van der Waals surface area contributed by atoms with E-state index in [-0.39, 0.29) is 11.1 Å². The monoisotopic (exact) mass is 287 g/mol. The number of aliphatic carboxylic acids is 1. The highest BCUT2D eigenvalue weighted by molar-refractivity contribution is 6.31. The highest BCUT2D eigenvalue weighted by atomic mass is 35.5. The summed E-state index contributed by atoms with van der Waals surface area (Å²) in [4.78, 5) is 31.9. The van der Waals surface area contributed by atoms with Gasteiger partial charge in [-0.25, -0.2) is 4.79 Å². The quantitative estimate of drug-likeness (QED) is 0.482. The first kappa shape index (κ1) is 15.1. The van der Waals surface area contributed by atoms with Crippen molar-refractivity contribution in [1.29, 1.82) is 0 Å². The third-order valence-corrected chi connectivity index (χ3v) is 2.97. The summed E-state index contributed by atoms with van der Waals surface area (Å²) < 4.78 is 0. The number of carboxylic acid groups (broad SMARTS) is 1. The van der Waals surface area contributed by atoms with Crippen molar-refractivity contribution in [2.75, 3.05) is 0 Å². The summed E-state index contributed by atoms with van der Waals surface area (Å²) in [5.41, 5.74) is -0.631. The number of hydrogen-bond donors (Lipinski definition) is 2. The number of carboxylic acids is 1. The molecule has 0 aliphatic carbocycles. The maximum atomic E-state index is 11.2. The number of ketones is 1. The van der Waals surface area contributed by atoms with Crippen LogP contribution in [0.1, 0.15) is 29.5 Å². The van der Waals surface area contributed by atoms with E-state index in [4.69, 9.17) is 16.7 Å². The number of nitrogens with zero attached hydrogens (tertiary/aromatic N) is 1. The fraction of sp³-hybridized carbons (Fsp3) is 0.273. The number of nitro groups is 1. The van der Waals surface area contributed by atoms with Gasteiger partial charge in [0, 0.05) is 6.07 Å². The molecule has 1 aromatic rings. The van der Waals surface area contributed by atoms with Crippen LogP contribution in [0, 0.1) is 10.1 Å². The molecule has 0 fully saturated rings. The number of alkyl halides is 1. The number of halogens is 1. The van der Waals surface area contributed by atoms with E-state index in [2.05, 4.69) is 0 Å². The average molecular weight is 288 g/mol. The molecule has 0 radical (unpaired) electrons. The first-order chi connectivity index (χ1) is 8.75. The van der Waals surface area contributed by atoms with Crippen molar-refractivity contribution >= 4 is 29.0 Å². The Morgan fingerprint density at radius 2 is 2.00 bits per heavy atom. The fourth-order valence-electron chi connectivity index (χ4n) is 1.47. The minimum absolute atomic E-state index is 0.0833. The van der Waals surface area contributed by atoms with Gasteiger partial charge in [-0.3, -0.25) is 14.9 Å². The van der Waals surface area contributed by atoms with Gasteiger partial charge in [-0.1, -0.05) is 0 Å². The first-order valence-electron chi connectivity index (χ1n) is 5.09. The number of aliphatic hydroxyl groups excluding tert-OH is 1. The molecule has 2 unspecified atom stereocenters. The van der Waals surface area contributed by atoms with Gasteiger partial charge < -0.3 is 10.2 Å². The molecule has 19 heavy (non-hydrogen) atoms. The highest BCUT2D eigenvalue weighted by Gasteiger charge is 2.26. The Hall–Kier alpha value is -1.99. The van der Waals surface area contributed by atoms with Gasteiger partial charge in [-0.05, 0) is 24.6 Å². The van der Waals surface area contributed by atoms with Crippen LogP contribution < -0.4 is 0 Å². The SMILES string of the molecule is CC(=O)C(Cl)c1cc(C(O)C(=O)O)ccc1[N+](=O)[O-]. The topological polar surface area (TPSA) is 118 Å². The first-order valence-corrected chi connectivity index (χ1v) is 5.53. The van der Waals surface area contributed by atoms with Gasteiger partial charge in [0.25, 0.3) is 5.69 Å². The van der Waals surface area contributed by atoms with Gasteiger partial charge in [0.1, 0.15) is 5.38 Å². The maximum Gasteiger partial charge on any atom is 0.337 e. The lowest BCUT2D eigenvalue weighted by Crippen LogP contribution is -2.12. The number of aliphatic hydroxyl groups is 1. The molecule has 0 saturated heterocycles. The van der Waals surface area contributed by atoms with Crippen molar-refractivity contribution < 1.29 is 24.7 Å². The summed E-state index contributed by atoms with van der Waals surface area (Å²) in [5.74, 6) is -2.03. The van der Waals surface area contributed by atoms with Crippen LogP contribution in [0.25, 0.3) is 0 Å². The molecule has 0 aromatic heterocycles. The van der Waals surface area contributed by atoms with Crippen LogP contribution in [0.15, 0.2) is 18.2 Å².